The van der Waals surface area contributed by atoms with Gasteiger partial charge in [0.2, 0.25) is 0 Å². The third-order valence-corrected chi connectivity index (χ3v) is 2.74. The minimum Gasteiger partial charge on any atom is -0.450 e. The Bertz CT molecular complexity index is 591. The lowest BCUT2D eigenvalue weighted by atomic mass is 10.1. The SMILES string of the molecule is CC(=O)OC(/C(F)=C/c1ccccc1)c1ccccc1. The van der Waals surface area contributed by atoms with Crippen LogP contribution >= 0.6 is 0 Å². The number of carbonyl (C=O) groups excluding carboxylic acids is 1. The zero-order chi connectivity index (χ0) is 14.4. The van der Waals surface area contributed by atoms with Gasteiger partial charge in [-0.3, -0.25) is 4.79 Å². The average molecular weight is 270 g/mol. The molecule has 0 bridgehead atoms. The van der Waals surface area contributed by atoms with Crippen molar-refractivity contribution in [2.75, 3.05) is 0 Å². The molecule has 2 aromatic rings. The number of halogens is 1. The average Bonchev–Trinajstić information content (AvgIpc) is 2.46. The van der Waals surface area contributed by atoms with Gasteiger partial charge in [-0.15, -0.1) is 0 Å². The maximum Gasteiger partial charge on any atom is 0.303 e. The van der Waals surface area contributed by atoms with Crippen LogP contribution in [0.1, 0.15) is 24.2 Å². The van der Waals surface area contributed by atoms with Gasteiger partial charge in [-0.05, 0) is 17.2 Å². The van der Waals surface area contributed by atoms with Crippen molar-refractivity contribution in [1.29, 1.82) is 0 Å². The summed E-state index contributed by atoms with van der Waals surface area (Å²) < 4.78 is 19.5. The second-order valence-electron chi connectivity index (χ2n) is 4.34. The molecule has 0 aliphatic heterocycles. The topological polar surface area (TPSA) is 26.3 Å². The van der Waals surface area contributed by atoms with Crippen molar-refractivity contribution >= 4 is 12.0 Å². The summed E-state index contributed by atoms with van der Waals surface area (Å²) >= 11 is 0. The van der Waals surface area contributed by atoms with Crippen LogP contribution in [0.4, 0.5) is 4.39 Å². The molecule has 1 unspecified atom stereocenters. The van der Waals surface area contributed by atoms with E-state index in [2.05, 4.69) is 0 Å². The zero-order valence-corrected chi connectivity index (χ0v) is 11.1. The van der Waals surface area contributed by atoms with Crippen LogP contribution in [0.15, 0.2) is 66.5 Å². The number of benzene rings is 2. The smallest absolute Gasteiger partial charge is 0.303 e. The molecule has 102 valence electrons. The highest BCUT2D eigenvalue weighted by Gasteiger charge is 2.19. The Balaban J connectivity index is 2.32. The summed E-state index contributed by atoms with van der Waals surface area (Å²) in [5, 5.41) is 0. The van der Waals surface area contributed by atoms with E-state index in [1.165, 1.54) is 13.0 Å². The Morgan fingerprint density at radius 3 is 2.15 bits per heavy atom. The third kappa shape index (κ3) is 3.79. The van der Waals surface area contributed by atoms with Crippen LogP contribution in [-0.4, -0.2) is 5.97 Å². The summed E-state index contributed by atoms with van der Waals surface area (Å²) in [5.41, 5.74) is 1.32. The van der Waals surface area contributed by atoms with Gasteiger partial charge < -0.3 is 4.74 Å². The number of hydrogen-bond acceptors (Lipinski definition) is 2. The first-order valence-electron chi connectivity index (χ1n) is 6.31. The van der Waals surface area contributed by atoms with E-state index >= 15 is 0 Å². The van der Waals surface area contributed by atoms with Gasteiger partial charge in [0, 0.05) is 6.92 Å². The minimum atomic E-state index is -1.01. The molecule has 2 aromatic carbocycles. The van der Waals surface area contributed by atoms with E-state index < -0.39 is 17.9 Å². The molecule has 0 aromatic heterocycles. The minimum absolute atomic E-state index is 0.502. The number of esters is 1. The van der Waals surface area contributed by atoms with Gasteiger partial charge in [0.1, 0.15) is 5.83 Å². The highest BCUT2D eigenvalue weighted by atomic mass is 19.1. The second kappa shape index (κ2) is 6.66. The van der Waals surface area contributed by atoms with Crippen LogP contribution in [0.3, 0.4) is 0 Å². The number of ether oxygens (including phenoxy) is 1. The Morgan fingerprint density at radius 1 is 1.05 bits per heavy atom. The summed E-state index contributed by atoms with van der Waals surface area (Å²) in [7, 11) is 0. The van der Waals surface area contributed by atoms with Gasteiger partial charge in [-0.2, -0.15) is 0 Å². The quantitative estimate of drug-likeness (QED) is 0.774. The summed E-state index contributed by atoms with van der Waals surface area (Å²) in [6.45, 7) is 1.27. The Kier molecular flexibility index (Phi) is 4.66. The second-order valence-corrected chi connectivity index (χ2v) is 4.34. The number of hydrogen-bond donors (Lipinski definition) is 0. The fourth-order valence-corrected chi connectivity index (χ4v) is 1.86. The fraction of sp³-hybridized carbons (Fsp3) is 0.118. The van der Waals surface area contributed by atoms with Crippen molar-refractivity contribution in [1.82, 2.24) is 0 Å². The largest absolute Gasteiger partial charge is 0.450 e. The normalized spacial score (nSPS) is 12.8. The molecule has 0 N–H and O–H groups in total. The lowest BCUT2D eigenvalue weighted by Crippen LogP contribution is -2.09. The number of rotatable bonds is 4. The van der Waals surface area contributed by atoms with Crippen LogP contribution < -0.4 is 0 Å². The van der Waals surface area contributed by atoms with Gasteiger partial charge in [0.25, 0.3) is 0 Å². The van der Waals surface area contributed by atoms with E-state index in [0.717, 1.165) is 5.56 Å². The predicted molar refractivity (Wildman–Crippen MR) is 76.5 cm³/mol. The molecule has 0 aliphatic carbocycles. The van der Waals surface area contributed by atoms with Crippen LogP contribution in [0, 0.1) is 0 Å². The van der Waals surface area contributed by atoms with Gasteiger partial charge in [0.15, 0.2) is 6.10 Å². The Hall–Kier alpha value is -2.42. The maximum atomic E-state index is 14.4. The van der Waals surface area contributed by atoms with E-state index in [9.17, 15) is 9.18 Å². The van der Waals surface area contributed by atoms with E-state index in [1.807, 2.05) is 24.3 Å². The fourth-order valence-electron chi connectivity index (χ4n) is 1.86. The maximum absolute atomic E-state index is 14.4. The predicted octanol–water partition coefficient (Wildman–Crippen LogP) is 4.30. The van der Waals surface area contributed by atoms with E-state index in [4.69, 9.17) is 4.74 Å². The first-order valence-corrected chi connectivity index (χ1v) is 6.31. The Morgan fingerprint density at radius 2 is 1.60 bits per heavy atom. The van der Waals surface area contributed by atoms with Crippen LogP contribution in [0.25, 0.3) is 6.08 Å². The molecule has 0 fully saturated rings. The van der Waals surface area contributed by atoms with Crippen molar-refractivity contribution in [2.24, 2.45) is 0 Å². The van der Waals surface area contributed by atoms with Crippen molar-refractivity contribution < 1.29 is 13.9 Å². The van der Waals surface area contributed by atoms with Crippen molar-refractivity contribution in [3.05, 3.63) is 77.6 Å². The molecular weight excluding hydrogens is 255 g/mol. The van der Waals surface area contributed by atoms with Gasteiger partial charge in [0.05, 0.1) is 0 Å². The van der Waals surface area contributed by atoms with Crippen molar-refractivity contribution in [2.45, 2.75) is 13.0 Å². The lowest BCUT2D eigenvalue weighted by Gasteiger charge is -2.15. The standard InChI is InChI=1S/C17H15FO2/c1-13(19)20-17(15-10-6-3-7-11-15)16(18)12-14-8-4-2-5-9-14/h2-12,17H,1H3/b16-12-. The molecule has 0 heterocycles. The lowest BCUT2D eigenvalue weighted by molar-refractivity contribution is -0.145. The van der Waals surface area contributed by atoms with Crippen molar-refractivity contribution in [3.8, 4) is 0 Å². The molecule has 0 saturated heterocycles. The molecule has 20 heavy (non-hydrogen) atoms. The monoisotopic (exact) mass is 270 g/mol. The number of carbonyl (C=O) groups is 1. The molecular formula is C17H15FO2. The highest BCUT2D eigenvalue weighted by Crippen LogP contribution is 2.28. The van der Waals surface area contributed by atoms with Gasteiger partial charge >= 0.3 is 5.97 Å². The summed E-state index contributed by atoms with van der Waals surface area (Å²) in [5.74, 6) is -1.02. The van der Waals surface area contributed by atoms with E-state index in [-0.39, 0.29) is 0 Å². The molecule has 2 nitrogen and oxygen atoms in total. The Labute approximate surface area is 117 Å². The molecule has 0 radical (unpaired) electrons. The first kappa shape index (κ1) is 14.0. The molecule has 0 saturated carbocycles. The molecule has 0 spiro atoms. The van der Waals surface area contributed by atoms with Gasteiger partial charge in [-0.25, -0.2) is 4.39 Å². The van der Waals surface area contributed by atoms with E-state index in [0.29, 0.717) is 5.56 Å². The highest BCUT2D eigenvalue weighted by molar-refractivity contribution is 5.67. The molecule has 3 heteroatoms. The first-order chi connectivity index (χ1) is 9.66. The summed E-state index contributed by atoms with van der Waals surface area (Å²) in [6, 6.07) is 17.9. The summed E-state index contributed by atoms with van der Waals surface area (Å²) in [4.78, 5) is 11.2. The summed E-state index contributed by atoms with van der Waals surface area (Å²) in [6.07, 6.45) is 0.370. The van der Waals surface area contributed by atoms with Crippen LogP contribution in [0.5, 0.6) is 0 Å². The molecule has 1 atom stereocenters. The molecule has 2 rings (SSSR count). The molecule has 0 aliphatic rings. The van der Waals surface area contributed by atoms with Crippen LogP contribution in [0.2, 0.25) is 0 Å². The third-order valence-electron chi connectivity index (χ3n) is 2.74. The zero-order valence-electron chi connectivity index (χ0n) is 11.1. The van der Waals surface area contributed by atoms with Crippen molar-refractivity contribution in [3.63, 3.8) is 0 Å². The molecule has 0 amide bonds. The van der Waals surface area contributed by atoms with Crippen LogP contribution in [-0.2, 0) is 9.53 Å². The van der Waals surface area contributed by atoms with Gasteiger partial charge in [-0.1, -0.05) is 60.7 Å². The van der Waals surface area contributed by atoms with E-state index in [1.54, 1.807) is 36.4 Å².